The Hall–Kier alpha value is -0.250. The highest BCUT2D eigenvalue weighted by molar-refractivity contribution is 4.75. The van der Waals surface area contributed by atoms with Crippen LogP contribution >= 0.6 is 0 Å². The summed E-state index contributed by atoms with van der Waals surface area (Å²) < 4.78 is 36.8. The molecule has 1 rings (SSSR count). The van der Waals surface area contributed by atoms with E-state index in [-0.39, 0.29) is 12.5 Å². The Morgan fingerprint density at radius 1 is 1.11 bits per heavy atom. The molecule has 1 nitrogen and oxygen atoms in total. The Kier molecular flexibility index (Phi) is 7.05. The van der Waals surface area contributed by atoms with Crippen molar-refractivity contribution in [3.8, 4) is 0 Å². The Morgan fingerprint density at radius 2 is 1.72 bits per heavy atom. The number of alkyl halides is 3. The van der Waals surface area contributed by atoms with Crippen LogP contribution in [0.2, 0.25) is 0 Å². The van der Waals surface area contributed by atoms with Crippen molar-refractivity contribution in [3.63, 3.8) is 0 Å². The molecule has 0 aliphatic heterocycles. The van der Waals surface area contributed by atoms with E-state index in [4.69, 9.17) is 0 Å². The van der Waals surface area contributed by atoms with Crippen molar-refractivity contribution >= 4 is 0 Å². The fourth-order valence-corrected chi connectivity index (χ4v) is 2.93. The first-order valence-electron chi connectivity index (χ1n) is 7.31. The van der Waals surface area contributed by atoms with E-state index in [1.165, 1.54) is 38.5 Å². The van der Waals surface area contributed by atoms with E-state index < -0.39 is 12.6 Å². The van der Waals surface area contributed by atoms with Crippen LogP contribution in [0.1, 0.15) is 64.7 Å². The molecule has 1 aliphatic carbocycles. The lowest BCUT2D eigenvalue weighted by Crippen LogP contribution is -2.32. The lowest BCUT2D eigenvalue weighted by Gasteiger charge is -2.24. The Bertz CT molecular complexity index is 208. The summed E-state index contributed by atoms with van der Waals surface area (Å²) in [5, 5.41) is 3.22. The molecule has 0 saturated heterocycles. The predicted octanol–water partition coefficient (Wildman–Crippen LogP) is 4.67. The van der Waals surface area contributed by atoms with Crippen molar-refractivity contribution in [2.75, 3.05) is 6.54 Å². The topological polar surface area (TPSA) is 12.0 Å². The van der Waals surface area contributed by atoms with Gasteiger partial charge in [-0.2, -0.15) is 13.2 Å². The summed E-state index contributed by atoms with van der Waals surface area (Å²) >= 11 is 0. The number of nitrogens with one attached hydrogen (secondary N) is 1. The Balaban J connectivity index is 2.35. The summed E-state index contributed by atoms with van der Waals surface area (Å²) in [5.74, 6) is 0.629. The molecule has 18 heavy (non-hydrogen) atoms. The molecule has 1 atom stereocenters. The van der Waals surface area contributed by atoms with E-state index in [0.717, 1.165) is 13.0 Å². The van der Waals surface area contributed by atoms with Crippen molar-refractivity contribution in [1.82, 2.24) is 5.32 Å². The maximum Gasteiger partial charge on any atom is 0.389 e. The van der Waals surface area contributed by atoms with Crippen LogP contribution in [0.5, 0.6) is 0 Å². The van der Waals surface area contributed by atoms with Gasteiger partial charge in [0.05, 0.1) is 0 Å². The van der Waals surface area contributed by atoms with Gasteiger partial charge in [0.25, 0.3) is 0 Å². The third-order valence-electron chi connectivity index (χ3n) is 3.86. The number of rotatable bonds is 6. The maximum atomic E-state index is 12.3. The van der Waals surface area contributed by atoms with E-state index in [1.807, 2.05) is 6.92 Å². The highest BCUT2D eigenvalue weighted by Gasteiger charge is 2.29. The molecule has 1 N–H and O–H groups in total. The molecule has 1 unspecified atom stereocenters. The van der Waals surface area contributed by atoms with Gasteiger partial charge in [-0.1, -0.05) is 45.4 Å². The van der Waals surface area contributed by atoms with Gasteiger partial charge in [-0.3, -0.25) is 0 Å². The van der Waals surface area contributed by atoms with Gasteiger partial charge in [-0.15, -0.1) is 0 Å². The Morgan fingerprint density at radius 3 is 2.22 bits per heavy atom. The van der Waals surface area contributed by atoms with Crippen molar-refractivity contribution < 1.29 is 13.2 Å². The fourth-order valence-electron chi connectivity index (χ4n) is 2.93. The lowest BCUT2D eigenvalue weighted by molar-refractivity contribution is -0.136. The molecule has 0 amide bonds. The van der Waals surface area contributed by atoms with E-state index in [1.54, 1.807) is 0 Å². The summed E-state index contributed by atoms with van der Waals surface area (Å²) in [7, 11) is 0. The lowest BCUT2D eigenvalue weighted by atomic mass is 9.90. The molecule has 0 radical (unpaired) electrons. The van der Waals surface area contributed by atoms with Crippen LogP contribution in [0.15, 0.2) is 0 Å². The normalized spacial score (nSPS) is 20.7. The average molecular weight is 265 g/mol. The summed E-state index contributed by atoms with van der Waals surface area (Å²) in [6.45, 7) is 2.73. The molecule has 0 aromatic carbocycles. The molecule has 0 heterocycles. The van der Waals surface area contributed by atoms with Crippen LogP contribution in [-0.2, 0) is 0 Å². The highest BCUT2D eigenvalue weighted by Crippen LogP contribution is 2.29. The number of hydrogen-bond donors (Lipinski definition) is 1. The van der Waals surface area contributed by atoms with Gasteiger partial charge in [0.15, 0.2) is 0 Å². The van der Waals surface area contributed by atoms with E-state index >= 15 is 0 Å². The van der Waals surface area contributed by atoms with Crippen molar-refractivity contribution in [2.24, 2.45) is 5.92 Å². The predicted molar refractivity (Wildman–Crippen MR) is 68.6 cm³/mol. The number of hydrogen-bond acceptors (Lipinski definition) is 1. The number of halogens is 3. The summed E-state index contributed by atoms with van der Waals surface area (Å²) in [4.78, 5) is 0. The minimum Gasteiger partial charge on any atom is -0.314 e. The maximum absolute atomic E-state index is 12.3. The van der Waals surface area contributed by atoms with Gasteiger partial charge >= 0.3 is 6.18 Å². The standard InChI is InChI=1S/C14H26F3N/c1-2-18-13(9-10-14(15,16)17)11-12-7-5-3-4-6-8-12/h12-13,18H,2-11H2,1H3. The smallest absolute Gasteiger partial charge is 0.314 e. The first-order chi connectivity index (χ1) is 8.51. The molecule has 0 aromatic heterocycles. The highest BCUT2D eigenvalue weighted by atomic mass is 19.4. The van der Waals surface area contributed by atoms with Gasteiger partial charge < -0.3 is 5.32 Å². The molecule has 0 spiro atoms. The molecular formula is C14H26F3N. The zero-order valence-electron chi connectivity index (χ0n) is 11.4. The van der Waals surface area contributed by atoms with Crippen LogP contribution in [0.25, 0.3) is 0 Å². The average Bonchev–Trinajstić information content (AvgIpc) is 2.54. The molecule has 0 bridgehead atoms. The van der Waals surface area contributed by atoms with Crippen LogP contribution in [0.4, 0.5) is 13.2 Å². The van der Waals surface area contributed by atoms with E-state index in [2.05, 4.69) is 5.32 Å². The molecule has 1 aliphatic rings. The molecule has 108 valence electrons. The van der Waals surface area contributed by atoms with Gasteiger partial charge in [-0.05, 0) is 25.3 Å². The molecule has 1 saturated carbocycles. The first-order valence-corrected chi connectivity index (χ1v) is 7.31. The van der Waals surface area contributed by atoms with Gasteiger partial charge in [0.1, 0.15) is 0 Å². The van der Waals surface area contributed by atoms with E-state index in [9.17, 15) is 13.2 Å². The third-order valence-corrected chi connectivity index (χ3v) is 3.86. The van der Waals surface area contributed by atoms with Crippen LogP contribution in [-0.4, -0.2) is 18.8 Å². The third kappa shape index (κ3) is 7.24. The second-order valence-corrected chi connectivity index (χ2v) is 5.50. The summed E-state index contributed by atoms with van der Waals surface area (Å²) in [6.07, 6.45) is 3.98. The zero-order valence-corrected chi connectivity index (χ0v) is 11.4. The van der Waals surface area contributed by atoms with E-state index in [0.29, 0.717) is 5.92 Å². The first kappa shape index (κ1) is 15.8. The summed E-state index contributed by atoms with van der Waals surface area (Å²) in [6, 6.07) is 0.0414. The SMILES string of the molecule is CCNC(CCC(F)(F)F)CC1CCCCCC1. The minimum atomic E-state index is -4.02. The van der Waals surface area contributed by atoms with Gasteiger partial charge in [-0.25, -0.2) is 0 Å². The van der Waals surface area contributed by atoms with Crippen molar-refractivity contribution in [2.45, 2.75) is 76.9 Å². The summed E-state index contributed by atoms with van der Waals surface area (Å²) in [5.41, 5.74) is 0. The van der Waals surface area contributed by atoms with Crippen LogP contribution in [0, 0.1) is 5.92 Å². The second kappa shape index (κ2) is 8.03. The largest absolute Gasteiger partial charge is 0.389 e. The minimum absolute atomic E-state index is 0.0414. The monoisotopic (exact) mass is 265 g/mol. The quantitative estimate of drug-likeness (QED) is 0.688. The van der Waals surface area contributed by atoms with Crippen LogP contribution in [0.3, 0.4) is 0 Å². The second-order valence-electron chi connectivity index (χ2n) is 5.50. The molecule has 0 aromatic rings. The Labute approximate surface area is 109 Å². The fraction of sp³-hybridized carbons (Fsp3) is 1.00. The van der Waals surface area contributed by atoms with Gasteiger partial charge in [0.2, 0.25) is 0 Å². The molecular weight excluding hydrogens is 239 g/mol. The zero-order chi connectivity index (χ0) is 13.4. The van der Waals surface area contributed by atoms with Gasteiger partial charge in [0, 0.05) is 12.5 Å². The molecule has 1 fully saturated rings. The van der Waals surface area contributed by atoms with Crippen LogP contribution < -0.4 is 5.32 Å². The van der Waals surface area contributed by atoms with Crippen molar-refractivity contribution in [1.29, 1.82) is 0 Å². The molecule has 4 heteroatoms. The van der Waals surface area contributed by atoms with Crippen molar-refractivity contribution in [3.05, 3.63) is 0 Å².